The van der Waals surface area contributed by atoms with E-state index in [4.69, 9.17) is 14.6 Å². The molecule has 5 rings (SSSR count). The second-order valence-corrected chi connectivity index (χ2v) is 9.02. The summed E-state index contributed by atoms with van der Waals surface area (Å²) in [5.41, 5.74) is 5.70. The molecule has 0 amide bonds. The predicted molar refractivity (Wildman–Crippen MR) is 137 cm³/mol. The summed E-state index contributed by atoms with van der Waals surface area (Å²) in [6.45, 7) is 9.99. The highest BCUT2D eigenvalue weighted by molar-refractivity contribution is 6.00. The number of pyridine rings is 1. The van der Waals surface area contributed by atoms with Crippen molar-refractivity contribution in [3.05, 3.63) is 72.1 Å². The van der Waals surface area contributed by atoms with Gasteiger partial charge in [-0.3, -0.25) is 0 Å². The largest absolute Gasteiger partial charge is 0.461 e. The van der Waals surface area contributed by atoms with Crippen LogP contribution in [0.15, 0.2) is 60.7 Å². The summed E-state index contributed by atoms with van der Waals surface area (Å²) in [4.78, 5) is 19.8. The third-order valence-corrected chi connectivity index (χ3v) is 6.26. The lowest BCUT2D eigenvalue weighted by molar-refractivity contribution is -0.00522. The average molecular weight is 471 g/mol. The average Bonchev–Trinajstić information content (AvgIpc) is 3.20. The van der Waals surface area contributed by atoms with E-state index in [2.05, 4.69) is 48.0 Å². The number of benzene rings is 2. The lowest BCUT2D eigenvalue weighted by atomic mass is 10.0. The molecule has 180 valence electrons. The molecule has 0 spiro atoms. The molecule has 0 radical (unpaired) electrons. The van der Waals surface area contributed by atoms with Crippen molar-refractivity contribution in [3.63, 3.8) is 0 Å². The molecular weight excluding hydrogens is 440 g/mol. The van der Waals surface area contributed by atoms with Crippen molar-refractivity contribution in [3.8, 4) is 16.8 Å². The number of fused-ring (bicyclic) bond motifs is 1. The number of rotatable bonds is 5. The molecule has 3 heterocycles. The highest BCUT2D eigenvalue weighted by Crippen LogP contribution is 2.34. The van der Waals surface area contributed by atoms with Crippen LogP contribution in [0.4, 0.5) is 5.69 Å². The van der Waals surface area contributed by atoms with Gasteiger partial charge < -0.3 is 14.4 Å². The van der Waals surface area contributed by atoms with E-state index in [0.29, 0.717) is 5.65 Å². The first-order valence-corrected chi connectivity index (χ1v) is 12.1. The monoisotopic (exact) mass is 470 g/mol. The molecule has 1 saturated heterocycles. The maximum absolute atomic E-state index is 12.7. The van der Waals surface area contributed by atoms with Crippen LogP contribution in [0.3, 0.4) is 0 Å². The van der Waals surface area contributed by atoms with Gasteiger partial charge in [0.1, 0.15) is 0 Å². The zero-order valence-electron chi connectivity index (χ0n) is 20.6. The Hall–Kier alpha value is -3.71. The van der Waals surface area contributed by atoms with Gasteiger partial charge in [-0.25, -0.2) is 14.5 Å². The molecule has 2 aromatic carbocycles. The van der Waals surface area contributed by atoms with Gasteiger partial charge >= 0.3 is 5.97 Å². The summed E-state index contributed by atoms with van der Waals surface area (Å²) in [5, 5.41) is 5.70. The molecule has 1 fully saturated rings. The van der Waals surface area contributed by atoms with Crippen molar-refractivity contribution in [2.45, 2.75) is 39.9 Å². The lowest BCUT2D eigenvalue weighted by Crippen LogP contribution is -2.45. The van der Waals surface area contributed by atoms with Gasteiger partial charge in [0.25, 0.3) is 0 Å². The maximum Gasteiger partial charge on any atom is 0.357 e. The number of anilines is 1. The van der Waals surface area contributed by atoms with Gasteiger partial charge in [-0.1, -0.05) is 30.3 Å². The zero-order chi connectivity index (χ0) is 24.5. The second-order valence-electron chi connectivity index (χ2n) is 9.02. The number of carbonyl (C=O) groups excluding carboxylic acids is 1. The number of nitrogens with zero attached hydrogens (tertiary/aromatic N) is 4. The smallest absolute Gasteiger partial charge is 0.357 e. The van der Waals surface area contributed by atoms with E-state index in [0.717, 1.165) is 46.7 Å². The SMILES string of the molecule is CCOC(=O)c1cc(-c2ccc(N3CC(C)OC(C)C3)cc2)c2c(C)nn(-c3ccccc3)c2n1. The van der Waals surface area contributed by atoms with Crippen LogP contribution in [0, 0.1) is 6.92 Å². The Labute approximate surface area is 205 Å². The Morgan fingerprint density at radius 3 is 2.37 bits per heavy atom. The fourth-order valence-corrected chi connectivity index (χ4v) is 4.82. The summed E-state index contributed by atoms with van der Waals surface area (Å²) < 4.78 is 13.0. The summed E-state index contributed by atoms with van der Waals surface area (Å²) in [6, 6.07) is 20.1. The number of para-hydroxylation sites is 1. The molecule has 1 aliphatic heterocycles. The van der Waals surface area contributed by atoms with Gasteiger partial charge in [0, 0.05) is 18.8 Å². The molecule has 2 aromatic heterocycles. The van der Waals surface area contributed by atoms with Crippen molar-refractivity contribution in [2.75, 3.05) is 24.6 Å². The second kappa shape index (κ2) is 9.50. The van der Waals surface area contributed by atoms with Crippen LogP contribution >= 0.6 is 0 Å². The number of carbonyl (C=O) groups is 1. The van der Waals surface area contributed by atoms with Gasteiger partial charge in [0.15, 0.2) is 11.3 Å². The molecule has 7 nitrogen and oxygen atoms in total. The zero-order valence-corrected chi connectivity index (χ0v) is 20.6. The van der Waals surface area contributed by atoms with E-state index < -0.39 is 5.97 Å². The summed E-state index contributed by atoms with van der Waals surface area (Å²) in [5.74, 6) is -0.443. The van der Waals surface area contributed by atoms with Crippen molar-refractivity contribution >= 4 is 22.7 Å². The minimum absolute atomic E-state index is 0.192. The van der Waals surface area contributed by atoms with Crippen LogP contribution in [-0.2, 0) is 9.47 Å². The molecule has 2 atom stereocenters. The summed E-state index contributed by atoms with van der Waals surface area (Å²) in [6.07, 6.45) is 0.383. The number of morpholine rings is 1. The quantitative estimate of drug-likeness (QED) is 0.374. The number of esters is 1. The Morgan fingerprint density at radius 2 is 1.71 bits per heavy atom. The number of aromatic nitrogens is 3. The first-order chi connectivity index (χ1) is 16.9. The Bertz CT molecular complexity index is 1340. The van der Waals surface area contributed by atoms with Crippen molar-refractivity contribution in [1.29, 1.82) is 0 Å². The molecule has 35 heavy (non-hydrogen) atoms. The molecule has 7 heteroatoms. The number of hydrogen-bond donors (Lipinski definition) is 0. The fourth-order valence-electron chi connectivity index (χ4n) is 4.82. The van der Waals surface area contributed by atoms with E-state index in [1.165, 1.54) is 0 Å². The molecule has 0 aliphatic carbocycles. The van der Waals surface area contributed by atoms with Crippen molar-refractivity contribution in [2.24, 2.45) is 0 Å². The Kier molecular flexibility index (Phi) is 6.26. The number of ether oxygens (including phenoxy) is 2. The summed E-state index contributed by atoms with van der Waals surface area (Å²) >= 11 is 0. The minimum atomic E-state index is -0.443. The first-order valence-electron chi connectivity index (χ1n) is 12.1. The molecule has 0 N–H and O–H groups in total. The highest BCUT2D eigenvalue weighted by Gasteiger charge is 2.23. The third-order valence-electron chi connectivity index (χ3n) is 6.26. The first kappa shape index (κ1) is 23.1. The van der Waals surface area contributed by atoms with Crippen molar-refractivity contribution in [1.82, 2.24) is 14.8 Å². The normalized spacial score (nSPS) is 18.1. The van der Waals surface area contributed by atoms with E-state index in [-0.39, 0.29) is 24.5 Å². The lowest BCUT2D eigenvalue weighted by Gasteiger charge is -2.36. The molecule has 2 unspecified atom stereocenters. The number of aryl methyl sites for hydroxylation is 1. The maximum atomic E-state index is 12.7. The topological polar surface area (TPSA) is 69.5 Å². The Morgan fingerprint density at radius 1 is 1.03 bits per heavy atom. The van der Waals surface area contributed by atoms with Crippen LogP contribution in [0.5, 0.6) is 0 Å². The van der Waals surface area contributed by atoms with Gasteiger partial charge in [-0.15, -0.1) is 0 Å². The summed E-state index contributed by atoms with van der Waals surface area (Å²) in [7, 11) is 0. The van der Waals surface area contributed by atoms with E-state index in [1.54, 1.807) is 11.6 Å². The molecule has 0 bridgehead atoms. The van der Waals surface area contributed by atoms with E-state index in [9.17, 15) is 4.79 Å². The predicted octanol–water partition coefficient (Wildman–Crippen LogP) is 5.19. The van der Waals surface area contributed by atoms with Crippen LogP contribution in [0.25, 0.3) is 27.8 Å². The molecular formula is C28H30N4O3. The van der Waals surface area contributed by atoms with Crippen LogP contribution < -0.4 is 4.90 Å². The van der Waals surface area contributed by atoms with Gasteiger partial charge in [-0.2, -0.15) is 5.10 Å². The number of hydrogen-bond acceptors (Lipinski definition) is 6. The Balaban J connectivity index is 1.62. The minimum Gasteiger partial charge on any atom is -0.461 e. The highest BCUT2D eigenvalue weighted by atomic mass is 16.5. The van der Waals surface area contributed by atoms with Crippen LogP contribution in [-0.4, -0.2) is 52.6 Å². The molecule has 0 saturated carbocycles. The van der Waals surface area contributed by atoms with Gasteiger partial charge in [0.2, 0.25) is 0 Å². The molecule has 4 aromatic rings. The van der Waals surface area contributed by atoms with Gasteiger partial charge in [0.05, 0.1) is 35.6 Å². The van der Waals surface area contributed by atoms with Gasteiger partial charge in [-0.05, 0) is 69.2 Å². The fraction of sp³-hybridized carbons (Fsp3) is 0.321. The standard InChI is InChI=1S/C28H30N4O3/c1-5-34-28(33)25-15-24(21-11-13-22(14-12-21)31-16-18(2)35-19(3)17-31)26-20(4)30-32(27(26)29-25)23-9-7-6-8-10-23/h6-15,18-19H,5,16-17H2,1-4H3. The van der Waals surface area contributed by atoms with Crippen LogP contribution in [0.2, 0.25) is 0 Å². The van der Waals surface area contributed by atoms with Crippen molar-refractivity contribution < 1.29 is 14.3 Å². The van der Waals surface area contributed by atoms with Crippen LogP contribution in [0.1, 0.15) is 37.0 Å². The van der Waals surface area contributed by atoms with E-state index in [1.807, 2.05) is 43.3 Å². The van der Waals surface area contributed by atoms with E-state index >= 15 is 0 Å². The molecule has 1 aliphatic rings. The third kappa shape index (κ3) is 4.51.